The van der Waals surface area contributed by atoms with Gasteiger partial charge in [0.1, 0.15) is 5.69 Å². The molecule has 0 bridgehead atoms. The molecule has 88 valence electrons. The number of carboxylic acids is 1. The van der Waals surface area contributed by atoms with Crippen LogP contribution in [0.25, 0.3) is 0 Å². The second kappa shape index (κ2) is 4.53. The number of halogens is 4. The second-order valence-corrected chi connectivity index (χ2v) is 3.99. The Labute approximate surface area is 101 Å². The lowest BCUT2D eigenvalue weighted by atomic mass is 10.1. The Kier molecular flexibility index (Phi) is 3.73. The van der Waals surface area contributed by atoms with E-state index in [9.17, 15) is 18.0 Å². The van der Waals surface area contributed by atoms with Crippen molar-refractivity contribution in [1.82, 2.24) is 4.98 Å². The predicted octanol–water partition coefficient (Wildman–Crippen LogP) is 1.82. The summed E-state index contributed by atoms with van der Waals surface area (Å²) in [6, 6.07) is 0.528. The fourth-order valence-corrected chi connectivity index (χ4v) is 1.54. The van der Waals surface area contributed by atoms with Crippen molar-refractivity contribution in [3.8, 4) is 0 Å². The third-order valence-electron chi connectivity index (χ3n) is 1.70. The zero-order valence-electron chi connectivity index (χ0n) is 7.49. The van der Waals surface area contributed by atoms with Gasteiger partial charge in [-0.3, -0.25) is 4.98 Å². The van der Waals surface area contributed by atoms with E-state index < -0.39 is 23.9 Å². The number of carbonyl (C=O) groups is 1. The second-order valence-electron chi connectivity index (χ2n) is 2.83. The molecule has 1 aromatic rings. The molecule has 1 heterocycles. The molecule has 0 aliphatic carbocycles. The van der Waals surface area contributed by atoms with Gasteiger partial charge in [-0.15, -0.1) is 0 Å². The highest BCUT2D eigenvalue weighted by Gasteiger charge is 2.34. The lowest BCUT2D eigenvalue weighted by Crippen LogP contribution is -2.15. The fraction of sp³-hybridized carbons (Fsp3) is 0.250. The van der Waals surface area contributed by atoms with Crippen LogP contribution in [-0.4, -0.2) is 21.2 Å². The maximum Gasteiger partial charge on any atom is 0.433 e. The van der Waals surface area contributed by atoms with Crippen molar-refractivity contribution >= 4 is 28.6 Å². The number of carboxylic acid groups (broad SMARTS) is 1. The zero-order valence-corrected chi connectivity index (χ0v) is 9.65. The van der Waals surface area contributed by atoms with Crippen molar-refractivity contribution in [2.45, 2.75) is 12.3 Å². The summed E-state index contributed by atoms with van der Waals surface area (Å²) in [5.41, 5.74) is -1.56. The van der Waals surface area contributed by atoms with E-state index in [0.717, 1.165) is 6.20 Å². The third-order valence-corrected chi connectivity index (χ3v) is 2.61. The molecule has 0 amide bonds. The van der Waals surface area contributed by atoms with Crippen LogP contribution in [0.5, 0.6) is 0 Å². The van der Waals surface area contributed by atoms with E-state index in [2.05, 4.69) is 4.98 Å². The Hall–Kier alpha value is -0.900. The summed E-state index contributed by atoms with van der Waals surface area (Å²) >= 11 is 1.60. The highest BCUT2D eigenvalue weighted by molar-refractivity contribution is 14.1. The SMILES string of the molecule is O=C(O)C(O)c1cc(C(F)(F)F)ncc1I. The number of hydrogen-bond donors (Lipinski definition) is 2. The standard InChI is InChI=1S/C8H5F3INO3/c9-8(10,11)5-1-3(4(12)2-13-5)6(14)7(15)16/h1-2,6,14H,(H,15,16). The molecule has 1 rings (SSSR count). The molecule has 0 radical (unpaired) electrons. The first-order valence-corrected chi connectivity index (χ1v) is 4.95. The molecular weight excluding hydrogens is 342 g/mol. The Morgan fingerprint density at radius 1 is 1.50 bits per heavy atom. The smallest absolute Gasteiger partial charge is 0.433 e. The number of pyridine rings is 1. The minimum Gasteiger partial charge on any atom is -0.479 e. The average molecular weight is 347 g/mol. The Morgan fingerprint density at radius 2 is 2.06 bits per heavy atom. The molecule has 0 fully saturated rings. The van der Waals surface area contributed by atoms with Crippen molar-refractivity contribution in [1.29, 1.82) is 0 Å². The van der Waals surface area contributed by atoms with Gasteiger partial charge in [0.15, 0.2) is 6.10 Å². The van der Waals surface area contributed by atoms with Gasteiger partial charge < -0.3 is 10.2 Å². The van der Waals surface area contributed by atoms with Crippen LogP contribution in [0.15, 0.2) is 12.3 Å². The van der Waals surface area contributed by atoms with Crippen LogP contribution in [0.4, 0.5) is 13.2 Å². The molecule has 0 saturated heterocycles. The summed E-state index contributed by atoms with van der Waals surface area (Å²) in [5.74, 6) is -1.61. The first-order valence-electron chi connectivity index (χ1n) is 3.87. The Balaban J connectivity index is 3.24. The number of aliphatic hydroxyl groups is 1. The van der Waals surface area contributed by atoms with Crippen LogP contribution in [0.2, 0.25) is 0 Å². The largest absolute Gasteiger partial charge is 0.479 e. The quantitative estimate of drug-likeness (QED) is 0.801. The summed E-state index contributed by atoms with van der Waals surface area (Å²) < 4.78 is 37.0. The van der Waals surface area contributed by atoms with Gasteiger partial charge in [-0.25, -0.2) is 4.79 Å². The maximum atomic E-state index is 12.3. The molecule has 0 aromatic carbocycles. The molecule has 1 atom stereocenters. The first-order chi connectivity index (χ1) is 7.23. The van der Waals surface area contributed by atoms with Gasteiger partial charge in [0, 0.05) is 15.3 Å². The van der Waals surface area contributed by atoms with Gasteiger partial charge >= 0.3 is 12.1 Å². The lowest BCUT2D eigenvalue weighted by molar-refractivity contribution is -0.147. The summed E-state index contributed by atoms with van der Waals surface area (Å²) in [7, 11) is 0. The van der Waals surface area contributed by atoms with Crippen molar-refractivity contribution in [2.75, 3.05) is 0 Å². The molecule has 16 heavy (non-hydrogen) atoms. The topological polar surface area (TPSA) is 70.4 Å². The van der Waals surface area contributed by atoms with Crippen LogP contribution in [0.3, 0.4) is 0 Å². The third kappa shape index (κ3) is 2.82. The van der Waals surface area contributed by atoms with Crippen LogP contribution < -0.4 is 0 Å². The first kappa shape index (κ1) is 13.2. The monoisotopic (exact) mass is 347 g/mol. The molecule has 0 saturated carbocycles. The summed E-state index contributed by atoms with van der Waals surface area (Å²) in [5, 5.41) is 17.7. The van der Waals surface area contributed by atoms with E-state index >= 15 is 0 Å². The minimum atomic E-state index is -4.67. The van der Waals surface area contributed by atoms with Gasteiger partial charge in [0.2, 0.25) is 0 Å². The van der Waals surface area contributed by atoms with Crippen molar-refractivity contribution in [3.63, 3.8) is 0 Å². The zero-order chi connectivity index (χ0) is 12.5. The van der Waals surface area contributed by atoms with Gasteiger partial charge in [-0.1, -0.05) is 0 Å². The van der Waals surface area contributed by atoms with Crippen LogP contribution in [-0.2, 0) is 11.0 Å². The molecule has 2 N–H and O–H groups in total. The molecule has 1 aromatic heterocycles. The van der Waals surface area contributed by atoms with Gasteiger partial charge in [0.05, 0.1) is 0 Å². The number of alkyl halides is 3. The van der Waals surface area contributed by atoms with Crippen LogP contribution in [0.1, 0.15) is 17.4 Å². The highest BCUT2D eigenvalue weighted by atomic mass is 127. The lowest BCUT2D eigenvalue weighted by Gasteiger charge is -2.11. The van der Waals surface area contributed by atoms with Gasteiger partial charge in [-0.05, 0) is 28.7 Å². The number of aliphatic hydroxyl groups excluding tert-OH is 1. The van der Waals surface area contributed by atoms with E-state index in [0.29, 0.717) is 6.07 Å². The van der Waals surface area contributed by atoms with E-state index in [1.54, 1.807) is 22.6 Å². The maximum absolute atomic E-state index is 12.3. The van der Waals surface area contributed by atoms with Crippen LogP contribution >= 0.6 is 22.6 Å². The Morgan fingerprint density at radius 3 is 2.50 bits per heavy atom. The highest BCUT2D eigenvalue weighted by Crippen LogP contribution is 2.30. The van der Waals surface area contributed by atoms with Gasteiger partial charge in [0.25, 0.3) is 0 Å². The summed E-state index contributed by atoms with van der Waals surface area (Å²) in [6.45, 7) is 0. The van der Waals surface area contributed by atoms with Crippen molar-refractivity contribution < 1.29 is 28.2 Å². The Bertz CT molecular complexity index is 421. The van der Waals surface area contributed by atoms with Crippen LogP contribution in [0, 0.1) is 3.57 Å². The molecule has 0 aliphatic rings. The molecule has 0 aliphatic heterocycles. The minimum absolute atomic E-state index is 0.153. The number of nitrogens with zero attached hydrogens (tertiary/aromatic N) is 1. The summed E-state index contributed by atoms with van der Waals surface area (Å²) in [4.78, 5) is 13.6. The van der Waals surface area contributed by atoms with E-state index in [-0.39, 0.29) is 9.13 Å². The average Bonchev–Trinajstić information content (AvgIpc) is 2.15. The number of aromatic nitrogens is 1. The van der Waals surface area contributed by atoms with E-state index in [1.165, 1.54) is 0 Å². The molecule has 8 heteroatoms. The van der Waals surface area contributed by atoms with Crippen molar-refractivity contribution in [3.05, 3.63) is 27.1 Å². The number of rotatable bonds is 2. The van der Waals surface area contributed by atoms with Gasteiger partial charge in [-0.2, -0.15) is 13.2 Å². The summed E-state index contributed by atoms with van der Waals surface area (Å²) in [6.07, 6.45) is -5.79. The van der Waals surface area contributed by atoms with E-state index in [4.69, 9.17) is 10.2 Å². The predicted molar refractivity (Wildman–Crippen MR) is 54.6 cm³/mol. The molecule has 4 nitrogen and oxygen atoms in total. The normalized spacial score (nSPS) is 13.6. The molecule has 0 spiro atoms. The fourth-order valence-electron chi connectivity index (χ4n) is 0.952. The van der Waals surface area contributed by atoms with E-state index in [1.807, 2.05) is 0 Å². The number of hydrogen-bond acceptors (Lipinski definition) is 3. The number of aliphatic carboxylic acids is 1. The van der Waals surface area contributed by atoms with Crippen molar-refractivity contribution in [2.24, 2.45) is 0 Å². The molecule has 1 unspecified atom stereocenters. The molecular formula is C8H5F3INO3.